The number of carboxylic acids is 1. The zero-order valence-electron chi connectivity index (χ0n) is 52.5. The molecule has 1 aliphatic heterocycles. The molecule has 95 heavy (non-hydrogen) atoms. The number of aromatic nitrogens is 5. The van der Waals surface area contributed by atoms with Crippen LogP contribution < -0.4 is 31.0 Å². The number of halogens is 2. The average molecular weight is 1350 g/mol. The number of benzene rings is 7. The van der Waals surface area contributed by atoms with Gasteiger partial charge in [0.2, 0.25) is 9.23 Å². The molecular formula is C71H70Cl2N8O13S. The highest BCUT2D eigenvalue weighted by molar-refractivity contribution is 8.26. The van der Waals surface area contributed by atoms with Crippen LogP contribution in [0.2, 0.25) is 0 Å². The van der Waals surface area contributed by atoms with Gasteiger partial charge in [0.15, 0.2) is 0 Å². The molecule has 21 nitrogen and oxygen atoms in total. The van der Waals surface area contributed by atoms with Crippen molar-refractivity contribution in [3.8, 4) is 28.5 Å². The zero-order chi connectivity index (χ0) is 68.1. The largest absolute Gasteiger partial charge is 0.497 e. The highest BCUT2D eigenvalue weighted by atomic mass is 36.0. The van der Waals surface area contributed by atoms with Gasteiger partial charge >= 0.3 is 23.9 Å². The van der Waals surface area contributed by atoms with E-state index in [-0.39, 0.29) is 29.7 Å². The summed E-state index contributed by atoms with van der Waals surface area (Å²) in [6.07, 6.45) is 5.94. The maximum absolute atomic E-state index is 12.2. The normalized spacial score (nSPS) is 13.5. The first-order valence-electron chi connectivity index (χ1n) is 29.4. The number of para-hydroxylation sites is 4. The first-order valence-corrected chi connectivity index (χ1v) is 32.2. The van der Waals surface area contributed by atoms with E-state index in [0.717, 1.165) is 106 Å². The van der Waals surface area contributed by atoms with Gasteiger partial charge in [-0.15, -0.1) is 0 Å². The Morgan fingerprint density at radius 1 is 0.600 bits per heavy atom. The molecule has 4 atom stereocenters. The van der Waals surface area contributed by atoms with Crippen LogP contribution in [0.4, 0.5) is 0 Å². The molecular weight excluding hydrogens is 1280 g/mol. The lowest BCUT2D eigenvalue weighted by molar-refractivity contribution is -0.143. The van der Waals surface area contributed by atoms with Gasteiger partial charge in [-0.25, -0.2) is 14.0 Å². The Balaban J connectivity index is 0.000000155. The number of hydrogen-bond donors (Lipinski definition) is 8. The van der Waals surface area contributed by atoms with E-state index in [1.807, 2.05) is 146 Å². The third-order valence-electron chi connectivity index (χ3n) is 15.4. The molecule has 0 spiro atoms. The van der Waals surface area contributed by atoms with Gasteiger partial charge in [-0.1, -0.05) is 84.9 Å². The van der Waals surface area contributed by atoms with E-state index in [2.05, 4.69) is 68.5 Å². The molecule has 10 N–H and O–H groups in total. The van der Waals surface area contributed by atoms with Crippen LogP contribution in [-0.4, -0.2) is 125 Å². The maximum Gasteiger partial charge on any atom is 0.356 e. The van der Waals surface area contributed by atoms with Crippen molar-refractivity contribution in [1.82, 2.24) is 30.2 Å². The van der Waals surface area contributed by atoms with Crippen LogP contribution in [0.1, 0.15) is 54.8 Å². The summed E-state index contributed by atoms with van der Waals surface area (Å²) in [5, 5.41) is 17.4. The predicted octanol–water partition coefficient (Wildman–Crippen LogP) is 12.0. The molecule has 24 heteroatoms. The van der Waals surface area contributed by atoms with E-state index in [1.165, 1.54) is 26.9 Å². The van der Waals surface area contributed by atoms with Crippen molar-refractivity contribution in [2.24, 2.45) is 11.5 Å². The van der Waals surface area contributed by atoms with Gasteiger partial charge in [0.1, 0.15) is 47.4 Å². The molecule has 7 aromatic carbocycles. The number of H-pyrrole nitrogens is 4. The Morgan fingerprint density at radius 2 is 1.07 bits per heavy atom. The molecule has 0 saturated heterocycles. The number of rotatable bonds is 14. The standard InChI is InChI=1S/C20H20N2O3.C20H16N2O3.C12H14N2O2.C11H12N2O2.C8H8O2.Cl2OS/c2*1-24-13-9-7-12(8-10-13)18-19-15(11-17(22-18)20(23)25-2)14-5-3-4-6-16(14)21-19;1-16-12(15)10(13)6-8-7-14-11-5-3-2-4-9(8)11;12-9(11(14)15)5-7-6-13-10-4-2-1-3-8(7)10;1-10-8-4-2-7(6-9)3-5-8;1-4(2)3/h3-10,17-18,21-22H,11H2,1-2H3;3-11,21H,1-2H3;2-5,7,10,14H,6,13H2,1H3;1-4,6,9,13H,5,12H2,(H,14,15);2-6H,1H3;/t17-,18?;;10-;9-;;/m0.00../s1. The minimum Gasteiger partial charge on any atom is -0.497 e. The van der Waals surface area contributed by atoms with Crippen molar-refractivity contribution in [3.05, 3.63) is 228 Å². The Bertz CT molecular complexity index is 4590. The van der Waals surface area contributed by atoms with Crippen molar-refractivity contribution < 1.29 is 61.7 Å². The lowest BCUT2D eigenvalue weighted by atomic mass is 9.90. The summed E-state index contributed by atoms with van der Waals surface area (Å²) in [6.45, 7) is 0. The molecule has 0 radical (unpaired) electrons. The van der Waals surface area contributed by atoms with Gasteiger partial charge < -0.3 is 64.9 Å². The number of carbonyl (C=O) groups is 5. The number of carboxylic acid groups (broad SMARTS) is 1. The van der Waals surface area contributed by atoms with Crippen LogP contribution in [0.5, 0.6) is 17.2 Å². The minimum absolute atomic E-state index is 0.105. The van der Waals surface area contributed by atoms with Crippen LogP contribution >= 0.6 is 21.4 Å². The van der Waals surface area contributed by atoms with E-state index in [1.54, 1.807) is 51.7 Å². The summed E-state index contributed by atoms with van der Waals surface area (Å²) in [6, 6.07) is 54.1. The fourth-order valence-corrected chi connectivity index (χ4v) is 10.7. The summed E-state index contributed by atoms with van der Waals surface area (Å²) in [5.74, 6) is 0.286. The molecule has 13 rings (SSSR count). The lowest BCUT2D eigenvalue weighted by Gasteiger charge is -2.30. The second kappa shape index (κ2) is 34.0. The molecule has 0 saturated carbocycles. The number of nitrogens with zero attached hydrogens (tertiary/aromatic N) is 1. The molecule has 492 valence electrons. The minimum atomic E-state index is -1.67. The quantitative estimate of drug-likeness (QED) is 0.0217. The number of hydrogen-bond acceptors (Lipinski definition) is 16. The highest BCUT2D eigenvalue weighted by Crippen LogP contribution is 2.37. The molecule has 5 aromatic heterocycles. The first-order chi connectivity index (χ1) is 45.9. The maximum atomic E-state index is 12.2. The van der Waals surface area contributed by atoms with Gasteiger partial charge in [0.25, 0.3) is 0 Å². The van der Waals surface area contributed by atoms with Gasteiger partial charge in [-0.05, 0) is 113 Å². The van der Waals surface area contributed by atoms with E-state index >= 15 is 0 Å². The Kier molecular flexibility index (Phi) is 25.3. The fraction of sp³-hybridized carbons (Fsp3) is 0.183. The van der Waals surface area contributed by atoms with Gasteiger partial charge in [-0.2, -0.15) is 0 Å². The highest BCUT2D eigenvalue weighted by Gasteiger charge is 2.34. The van der Waals surface area contributed by atoms with E-state index in [0.29, 0.717) is 30.5 Å². The van der Waals surface area contributed by atoms with Crippen molar-refractivity contribution >= 4 is 115 Å². The Hall–Kier alpha value is -10.3. The molecule has 1 aliphatic rings. The number of aldehydes is 1. The number of pyridine rings is 1. The second-order valence-electron chi connectivity index (χ2n) is 21.2. The first kappa shape index (κ1) is 70.5. The van der Waals surface area contributed by atoms with Crippen molar-refractivity contribution in [2.45, 2.75) is 43.4 Å². The molecule has 12 aromatic rings. The van der Waals surface area contributed by atoms with Crippen LogP contribution in [0.15, 0.2) is 188 Å². The predicted molar refractivity (Wildman–Crippen MR) is 371 cm³/mol. The molecule has 6 heterocycles. The third kappa shape index (κ3) is 18.1. The number of aliphatic carboxylic acids is 1. The van der Waals surface area contributed by atoms with Gasteiger partial charge in [-0.3, -0.25) is 24.5 Å². The van der Waals surface area contributed by atoms with Gasteiger partial charge in [0, 0.05) is 119 Å². The number of ether oxygens (including phenoxy) is 6. The summed E-state index contributed by atoms with van der Waals surface area (Å²) in [4.78, 5) is 74.0. The smallest absolute Gasteiger partial charge is 0.356 e. The molecule has 0 aliphatic carbocycles. The van der Waals surface area contributed by atoms with Crippen LogP contribution in [0, 0.1) is 0 Å². The number of nitrogens with one attached hydrogen (secondary N) is 5. The topological polar surface area (TPSA) is 318 Å². The average Bonchev–Trinajstić information content (AvgIpc) is 1.64. The van der Waals surface area contributed by atoms with E-state index in [4.69, 9.17) is 44.5 Å². The number of nitrogens with two attached hydrogens (primary N) is 2. The van der Waals surface area contributed by atoms with Crippen LogP contribution in [0.3, 0.4) is 0 Å². The van der Waals surface area contributed by atoms with Crippen molar-refractivity contribution in [3.63, 3.8) is 0 Å². The number of esters is 3. The molecule has 0 amide bonds. The monoisotopic (exact) mass is 1340 g/mol. The summed E-state index contributed by atoms with van der Waals surface area (Å²) in [5.41, 5.74) is 24.1. The second-order valence-corrected chi connectivity index (χ2v) is 23.7. The number of fused-ring (bicyclic) bond motifs is 8. The lowest BCUT2D eigenvalue weighted by Crippen LogP contribution is -2.45. The fourth-order valence-electron chi connectivity index (χ4n) is 10.7. The number of carbonyl (C=O) groups excluding carboxylic acids is 4. The van der Waals surface area contributed by atoms with Crippen LogP contribution in [0.25, 0.3) is 65.8 Å². The molecule has 1 unspecified atom stereocenters. The number of aromatic amines is 4. The number of methoxy groups -OCH3 is 6. The molecule has 0 fully saturated rings. The van der Waals surface area contributed by atoms with Crippen molar-refractivity contribution in [1.29, 1.82) is 0 Å². The van der Waals surface area contributed by atoms with E-state index in [9.17, 15) is 24.0 Å². The summed E-state index contributed by atoms with van der Waals surface area (Å²) in [7, 11) is 16.4. The van der Waals surface area contributed by atoms with Gasteiger partial charge in [0.05, 0.1) is 59.9 Å². The van der Waals surface area contributed by atoms with Crippen LogP contribution in [-0.2, 0) is 57.1 Å². The third-order valence-corrected chi connectivity index (χ3v) is 15.4. The summed E-state index contributed by atoms with van der Waals surface area (Å²) >= 11 is 0. The summed E-state index contributed by atoms with van der Waals surface area (Å²) < 4.78 is 38.9. The molecule has 0 bridgehead atoms. The SMILES string of the molecule is COC(=O)[C@@H](N)Cc1c[nH]c2ccccc12.COC(=O)[C@@H]1Cc2c([nH]c3ccccc23)C(c2ccc(OC)cc2)N1.COC(=O)c1cc2c([nH]c3ccccc32)c(-c2ccc(OC)cc2)n1.COc1ccc(C=O)cc1.N[C@@H](Cc1c[nH]c2ccccc12)C(=O)O.O=S(Cl)Cl. The zero-order valence-corrected chi connectivity index (χ0v) is 54.8. The van der Waals surface area contributed by atoms with Crippen molar-refractivity contribution in [2.75, 3.05) is 42.7 Å². The van der Waals surface area contributed by atoms with E-state index < -0.39 is 33.2 Å². The Morgan fingerprint density at radius 3 is 1.57 bits per heavy atom. The Labute approximate surface area is 557 Å².